The molecular formula is C22H24FN3O2. The van der Waals surface area contributed by atoms with Crippen molar-refractivity contribution < 1.29 is 13.9 Å². The van der Waals surface area contributed by atoms with Crippen molar-refractivity contribution in [3.8, 4) is 5.75 Å². The first-order valence-electron chi connectivity index (χ1n) is 9.79. The topological polar surface area (TPSA) is 53.9 Å². The number of benzene rings is 2. The van der Waals surface area contributed by atoms with Gasteiger partial charge in [0.25, 0.3) is 0 Å². The number of anilines is 1. The van der Waals surface area contributed by atoms with Gasteiger partial charge in [0.1, 0.15) is 24.1 Å². The van der Waals surface area contributed by atoms with Crippen LogP contribution in [0.3, 0.4) is 0 Å². The van der Waals surface area contributed by atoms with Crippen molar-refractivity contribution in [3.63, 3.8) is 0 Å². The third-order valence-electron chi connectivity index (χ3n) is 5.24. The van der Waals surface area contributed by atoms with Crippen LogP contribution in [0, 0.1) is 5.82 Å². The van der Waals surface area contributed by atoms with Gasteiger partial charge in [-0.2, -0.15) is 0 Å². The van der Waals surface area contributed by atoms with Crippen molar-refractivity contribution in [2.24, 2.45) is 4.99 Å². The van der Waals surface area contributed by atoms with Crippen molar-refractivity contribution in [3.05, 3.63) is 53.8 Å². The lowest BCUT2D eigenvalue weighted by molar-refractivity contribution is -0.115. The summed E-state index contributed by atoms with van der Waals surface area (Å²) in [5, 5.41) is 2.69. The summed E-state index contributed by atoms with van der Waals surface area (Å²) in [4.78, 5) is 18.9. The molecule has 4 rings (SSSR count). The van der Waals surface area contributed by atoms with Crippen LogP contribution in [0.1, 0.15) is 30.7 Å². The Morgan fingerprint density at radius 3 is 2.71 bits per heavy atom. The molecule has 0 aliphatic carbocycles. The number of hydrogen-bond acceptors (Lipinski definition) is 4. The average Bonchev–Trinajstić information content (AvgIpc) is 3.04. The van der Waals surface area contributed by atoms with Crippen LogP contribution < -0.4 is 10.1 Å². The Bertz CT molecular complexity index is 861. The maximum Gasteiger partial charge on any atom is 0.237 e. The maximum absolute atomic E-state index is 14.1. The summed E-state index contributed by atoms with van der Waals surface area (Å²) in [5.41, 5.74) is 1.56. The molecular weight excluding hydrogens is 357 g/mol. The smallest absolute Gasteiger partial charge is 0.237 e. The van der Waals surface area contributed by atoms with E-state index in [0.717, 1.165) is 25.4 Å². The Hall–Kier alpha value is -2.73. The van der Waals surface area contributed by atoms with E-state index in [2.05, 4.69) is 15.2 Å². The highest BCUT2D eigenvalue weighted by Gasteiger charge is 2.31. The minimum atomic E-state index is -0.711. The fraction of sp³-hybridized carbons (Fsp3) is 0.364. The second kappa shape index (κ2) is 8.52. The first kappa shape index (κ1) is 18.6. The van der Waals surface area contributed by atoms with E-state index >= 15 is 0 Å². The van der Waals surface area contributed by atoms with Crippen LogP contribution in [0.2, 0.25) is 0 Å². The van der Waals surface area contributed by atoms with Gasteiger partial charge in [-0.25, -0.2) is 4.39 Å². The number of aliphatic imine (C=N–C) groups is 1. The highest BCUT2D eigenvalue weighted by atomic mass is 19.1. The molecule has 0 bridgehead atoms. The number of carbonyl (C=O) groups excluding carboxylic acids is 1. The number of halogens is 1. The van der Waals surface area contributed by atoms with Crippen molar-refractivity contribution >= 4 is 23.5 Å². The van der Waals surface area contributed by atoms with E-state index in [1.165, 1.54) is 31.5 Å². The van der Waals surface area contributed by atoms with Gasteiger partial charge in [0.05, 0.1) is 5.69 Å². The molecule has 2 aromatic rings. The Labute approximate surface area is 164 Å². The summed E-state index contributed by atoms with van der Waals surface area (Å²) >= 11 is 0. The lowest BCUT2D eigenvalue weighted by Gasteiger charge is -2.26. The molecule has 5 nitrogen and oxygen atoms in total. The van der Waals surface area contributed by atoms with Gasteiger partial charge in [0, 0.05) is 24.0 Å². The average molecular weight is 381 g/mol. The SMILES string of the molecule is O=C1Nc2cccc(F)c2C1C=Nc1ccc(OCCN2CCCCC2)cc1. The van der Waals surface area contributed by atoms with Crippen molar-refractivity contribution in [1.82, 2.24) is 4.90 Å². The summed E-state index contributed by atoms with van der Waals surface area (Å²) in [5.74, 6) is -0.575. The van der Waals surface area contributed by atoms with E-state index in [1.54, 1.807) is 12.1 Å². The Morgan fingerprint density at radius 2 is 1.93 bits per heavy atom. The number of piperidine rings is 1. The number of nitrogens with one attached hydrogen (secondary N) is 1. The van der Waals surface area contributed by atoms with Crippen LogP contribution in [0.15, 0.2) is 47.5 Å². The van der Waals surface area contributed by atoms with Gasteiger partial charge >= 0.3 is 0 Å². The highest BCUT2D eigenvalue weighted by Crippen LogP contribution is 2.33. The second-order valence-corrected chi connectivity index (χ2v) is 7.19. The van der Waals surface area contributed by atoms with Gasteiger partial charge in [0.15, 0.2) is 0 Å². The third kappa shape index (κ3) is 4.22. The Morgan fingerprint density at radius 1 is 1.14 bits per heavy atom. The van der Waals surface area contributed by atoms with E-state index in [1.807, 2.05) is 24.3 Å². The molecule has 1 amide bonds. The number of fused-ring (bicyclic) bond motifs is 1. The molecule has 2 aromatic carbocycles. The van der Waals surface area contributed by atoms with Crippen LogP contribution in [0.4, 0.5) is 15.8 Å². The second-order valence-electron chi connectivity index (χ2n) is 7.19. The molecule has 28 heavy (non-hydrogen) atoms. The summed E-state index contributed by atoms with van der Waals surface area (Å²) in [7, 11) is 0. The molecule has 146 valence electrons. The summed E-state index contributed by atoms with van der Waals surface area (Å²) < 4.78 is 19.9. The fourth-order valence-electron chi connectivity index (χ4n) is 3.71. The molecule has 1 unspecified atom stereocenters. The zero-order valence-electron chi connectivity index (χ0n) is 15.7. The molecule has 0 radical (unpaired) electrons. The minimum Gasteiger partial charge on any atom is -0.492 e. The number of hydrogen-bond donors (Lipinski definition) is 1. The van der Waals surface area contributed by atoms with Crippen molar-refractivity contribution in [1.29, 1.82) is 0 Å². The van der Waals surface area contributed by atoms with Gasteiger partial charge in [-0.3, -0.25) is 14.7 Å². The van der Waals surface area contributed by atoms with E-state index in [9.17, 15) is 9.18 Å². The number of ether oxygens (including phenoxy) is 1. The van der Waals surface area contributed by atoms with Crippen LogP contribution in [-0.4, -0.2) is 43.3 Å². The largest absolute Gasteiger partial charge is 0.492 e. The van der Waals surface area contributed by atoms with Crippen LogP contribution >= 0.6 is 0 Å². The molecule has 0 spiro atoms. The van der Waals surface area contributed by atoms with Gasteiger partial charge < -0.3 is 10.1 Å². The number of carbonyl (C=O) groups is 1. The molecule has 0 saturated carbocycles. The molecule has 1 N–H and O–H groups in total. The van der Waals surface area contributed by atoms with E-state index in [-0.39, 0.29) is 5.91 Å². The third-order valence-corrected chi connectivity index (χ3v) is 5.24. The van der Waals surface area contributed by atoms with Gasteiger partial charge in [0.2, 0.25) is 5.91 Å². The molecule has 2 aliphatic heterocycles. The fourth-order valence-corrected chi connectivity index (χ4v) is 3.71. The molecule has 6 heteroatoms. The Balaban J connectivity index is 1.34. The van der Waals surface area contributed by atoms with Crippen molar-refractivity contribution in [2.45, 2.75) is 25.2 Å². The molecule has 1 atom stereocenters. The summed E-state index contributed by atoms with van der Waals surface area (Å²) in [6, 6.07) is 12.0. The van der Waals surface area contributed by atoms with Crippen molar-refractivity contribution in [2.75, 3.05) is 31.6 Å². The summed E-state index contributed by atoms with van der Waals surface area (Å²) in [6.45, 7) is 3.94. The van der Waals surface area contributed by atoms with E-state index in [4.69, 9.17) is 4.74 Å². The lowest BCUT2D eigenvalue weighted by Crippen LogP contribution is -2.33. The van der Waals surface area contributed by atoms with Crippen LogP contribution in [-0.2, 0) is 4.79 Å². The number of rotatable bonds is 6. The molecule has 1 fully saturated rings. The number of amides is 1. The van der Waals surface area contributed by atoms with Crippen LogP contribution in [0.25, 0.3) is 0 Å². The standard InChI is InChI=1S/C22H24FN3O2/c23-19-5-4-6-20-21(19)18(22(27)25-20)15-24-16-7-9-17(10-8-16)28-14-13-26-11-2-1-3-12-26/h4-10,15,18H,1-3,11-14H2,(H,25,27). The zero-order valence-corrected chi connectivity index (χ0v) is 15.7. The van der Waals surface area contributed by atoms with E-state index in [0.29, 0.717) is 23.5 Å². The maximum atomic E-state index is 14.1. The lowest BCUT2D eigenvalue weighted by atomic mass is 10.0. The highest BCUT2D eigenvalue weighted by molar-refractivity contribution is 6.12. The van der Waals surface area contributed by atoms with Gasteiger partial charge in [-0.15, -0.1) is 0 Å². The molecule has 2 heterocycles. The monoisotopic (exact) mass is 381 g/mol. The van der Waals surface area contributed by atoms with Gasteiger partial charge in [-0.05, 0) is 62.3 Å². The normalized spacial score (nSPS) is 19.6. The van der Waals surface area contributed by atoms with Gasteiger partial charge in [-0.1, -0.05) is 12.5 Å². The minimum absolute atomic E-state index is 0.262. The predicted molar refractivity (Wildman–Crippen MR) is 108 cm³/mol. The number of nitrogens with zero attached hydrogens (tertiary/aromatic N) is 2. The van der Waals surface area contributed by atoms with E-state index < -0.39 is 11.7 Å². The molecule has 2 aliphatic rings. The Kier molecular flexibility index (Phi) is 5.67. The predicted octanol–water partition coefficient (Wildman–Crippen LogP) is 4.13. The first-order chi connectivity index (χ1) is 13.7. The van der Waals surface area contributed by atoms with Crippen LogP contribution in [0.5, 0.6) is 5.75 Å². The first-order valence-corrected chi connectivity index (χ1v) is 9.79. The summed E-state index contributed by atoms with van der Waals surface area (Å²) in [6.07, 6.45) is 5.39. The molecule has 1 saturated heterocycles. The quantitative estimate of drug-likeness (QED) is 0.766. The molecule has 0 aromatic heterocycles. The zero-order chi connectivity index (χ0) is 19.3. The number of likely N-dealkylation sites (tertiary alicyclic amines) is 1.